The maximum Gasteiger partial charge on any atom is 0.187 e. The van der Waals surface area contributed by atoms with Gasteiger partial charge in [0.1, 0.15) is 3.74 Å². The number of imidazole rings is 1. The van der Waals surface area contributed by atoms with Gasteiger partial charge in [0, 0.05) is 12.6 Å². The molecule has 0 saturated carbocycles. The summed E-state index contributed by atoms with van der Waals surface area (Å²) < 4.78 is 1.58. The Morgan fingerprint density at radius 2 is 2.20 bits per heavy atom. The highest BCUT2D eigenvalue weighted by Crippen LogP contribution is 2.19. The summed E-state index contributed by atoms with van der Waals surface area (Å²) in [7, 11) is 1.93. The molecule has 2 rings (SSSR count). The Morgan fingerprint density at radius 1 is 1.47 bits per heavy atom. The van der Waals surface area contributed by atoms with Crippen molar-refractivity contribution >= 4 is 48.7 Å². The van der Waals surface area contributed by atoms with E-state index >= 15 is 0 Å². The number of halogens is 2. The molecule has 1 heterocycles. The molecule has 0 aliphatic rings. The van der Waals surface area contributed by atoms with Crippen LogP contribution < -0.4 is 0 Å². The number of ketones is 1. The van der Waals surface area contributed by atoms with Crippen LogP contribution in [0.1, 0.15) is 10.4 Å². The van der Waals surface area contributed by atoms with Crippen LogP contribution in [0.3, 0.4) is 0 Å². The average molecular weight is 332 g/mol. The van der Waals surface area contributed by atoms with Crippen LogP contribution in [0.15, 0.2) is 24.5 Å². The molecule has 0 amide bonds. The highest BCUT2D eigenvalue weighted by Gasteiger charge is 2.14. The van der Waals surface area contributed by atoms with Crippen LogP contribution in [0.5, 0.6) is 0 Å². The summed E-state index contributed by atoms with van der Waals surface area (Å²) in [5.41, 5.74) is 2.51. The van der Waals surface area contributed by atoms with Crippen molar-refractivity contribution in [3.05, 3.63) is 30.1 Å². The molecule has 0 bridgehead atoms. The molecule has 0 N–H and O–H groups in total. The number of rotatable bonds is 2. The molecule has 3 nitrogen and oxygen atoms in total. The highest BCUT2D eigenvalue weighted by atomic mass is 79.9. The minimum Gasteiger partial charge on any atom is -0.334 e. The molecule has 5 heteroatoms. The van der Waals surface area contributed by atoms with E-state index < -0.39 is 0 Å². The zero-order valence-corrected chi connectivity index (χ0v) is 11.1. The largest absolute Gasteiger partial charge is 0.334 e. The molecule has 78 valence electrons. The van der Waals surface area contributed by atoms with Crippen LogP contribution in [0, 0.1) is 0 Å². The molecule has 0 saturated heterocycles. The molecular formula is C10H8Br2N2O. The number of benzene rings is 1. The second-order valence-corrected chi connectivity index (χ2v) is 6.28. The molecule has 0 aliphatic heterocycles. The highest BCUT2D eigenvalue weighted by molar-refractivity contribution is 9.25. The zero-order valence-electron chi connectivity index (χ0n) is 7.95. The molecule has 2 aromatic rings. The normalized spacial score (nSPS) is 11.2. The van der Waals surface area contributed by atoms with E-state index in [0.29, 0.717) is 5.56 Å². The first kappa shape index (κ1) is 10.8. The molecule has 0 spiro atoms. The van der Waals surface area contributed by atoms with Crippen molar-refractivity contribution in [1.29, 1.82) is 0 Å². The van der Waals surface area contributed by atoms with Gasteiger partial charge in [-0.25, -0.2) is 4.98 Å². The lowest BCUT2D eigenvalue weighted by atomic mass is 10.1. The summed E-state index contributed by atoms with van der Waals surface area (Å²) in [4.78, 5) is 15.9. The van der Waals surface area contributed by atoms with E-state index in [4.69, 9.17) is 0 Å². The minimum atomic E-state index is -0.342. The molecule has 0 radical (unpaired) electrons. The average Bonchev–Trinajstić information content (AvgIpc) is 2.59. The summed E-state index contributed by atoms with van der Waals surface area (Å²) in [6, 6.07) is 5.51. The number of fused-ring (bicyclic) bond motifs is 1. The first-order chi connectivity index (χ1) is 7.09. The number of hydrogen-bond donors (Lipinski definition) is 0. The number of aryl methyl sites for hydroxylation is 1. The van der Waals surface area contributed by atoms with Crippen molar-refractivity contribution < 1.29 is 4.79 Å². The predicted molar refractivity (Wildman–Crippen MR) is 66.7 cm³/mol. The summed E-state index contributed by atoms with van der Waals surface area (Å²) >= 11 is 6.37. The maximum absolute atomic E-state index is 11.7. The van der Waals surface area contributed by atoms with Gasteiger partial charge in [-0.15, -0.1) is 0 Å². The lowest BCUT2D eigenvalue weighted by molar-refractivity contribution is 0.101. The van der Waals surface area contributed by atoms with E-state index in [1.165, 1.54) is 0 Å². The van der Waals surface area contributed by atoms with Crippen LogP contribution >= 0.6 is 31.9 Å². The Labute approximate surface area is 104 Å². The molecule has 0 aliphatic carbocycles. The van der Waals surface area contributed by atoms with Crippen molar-refractivity contribution in [2.75, 3.05) is 0 Å². The topological polar surface area (TPSA) is 34.9 Å². The lowest BCUT2D eigenvalue weighted by Crippen LogP contribution is -2.06. The van der Waals surface area contributed by atoms with Crippen molar-refractivity contribution in [1.82, 2.24) is 9.55 Å². The Morgan fingerprint density at radius 3 is 2.87 bits per heavy atom. The molecule has 0 atom stereocenters. The van der Waals surface area contributed by atoms with Crippen molar-refractivity contribution in [2.45, 2.75) is 3.74 Å². The van der Waals surface area contributed by atoms with Gasteiger partial charge in [0.25, 0.3) is 0 Å². The number of carbonyl (C=O) groups is 1. The van der Waals surface area contributed by atoms with Gasteiger partial charge in [-0.1, -0.05) is 31.9 Å². The third kappa shape index (κ3) is 1.99. The third-order valence-electron chi connectivity index (χ3n) is 2.21. The SMILES string of the molecule is Cn1cnc2cc(C(=O)C(Br)Br)ccc21. The molecule has 1 aromatic carbocycles. The lowest BCUT2D eigenvalue weighted by Gasteiger charge is -2.01. The quantitative estimate of drug-likeness (QED) is 0.626. The molecule has 0 unspecified atom stereocenters. The Balaban J connectivity index is 2.52. The smallest absolute Gasteiger partial charge is 0.187 e. The number of carbonyl (C=O) groups excluding carboxylic acids is 1. The maximum atomic E-state index is 11.7. The van der Waals surface area contributed by atoms with E-state index in [0.717, 1.165) is 11.0 Å². The van der Waals surface area contributed by atoms with Gasteiger partial charge in [0.2, 0.25) is 0 Å². The van der Waals surface area contributed by atoms with E-state index in [1.807, 2.05) is 23.7 Å². The van der Waals surface area contributed by atoms with Gasteiger partial charge < -0.3 is 4.57 Å². The van der Waals surface area contributed by atoms with Gasteiger partial charge in [0.05, 0.1) is 17.4 Å². The van der Waals surface area contributed by atoms with Crippen LogP contribution in [0.4, 0.5) is 0 Å². The van der Waals surface area contributed by atoms with Gasteiger partial charge in [-0.3, -0.25) is 4.79 Å². The monoisotopic (exact) mass is 330 g/mol. The summed E-state index contributed by atoms with van der Waals surface area (Å²) in [5.74, 6) is 0.00236. The first-order valence-electron chi connectivity index (χ1n) is 4.33. The number of nitrogens with zero attached hydrogens (tertiary/aromatic N) is 2. The second kappa shape index (κ2) is 4.06. The standard InChI is InChI=1S/C10H8Br2N2O/c1-14-5-13-7-4-6(2-3-8(7)14)9(15)10(11)12/h2-5,10H,1H3. The molecule has 15 heavy (non-hydrogen) atoms. The third-order valence-corrected chi connectivity index (χ3v) is 3.04. The predicted octanol–water partition coefficient (Wildman–Crippen LogP) is 2.87. The van der Waals surface area contributed by atoms with Gasteiger partial charge >= 0.3 is 0 Å². The van der Waals surface area contributed by atoms with E-state index in [1.54, 1.807) is 12.4 Å². The zero-order chi connectivity index (χ0) is 11.0. The van der Waals surface area contributed by atoms with Crippen molar-refractivity contribution in [3.63, 3.8) is 0 Å². The van der Waals surface area contributed by atoms with Crippen LogP contribution in [-0.2, 0) is 7.05 Å². The van der Waals surface area contributed by atoms with E-state index in [9.17, 15) is 4.79 Å². The van der Waals surface area contributed by atoms with Crippen LogP contribution in [0.25, 0.3) is 11.0 Å². The Kier molecular flexibility index (Phi) is 2.93. The van der Waals surface area contributed by atoms with Gasteiger partial charge in [-0.2, -0.15) is 0 Å². The number of alkyl halides is 2. The van der Waals surface area contributed by atoms with Crippen molar-refractivity contribution in [2.24, 2.45) is 7.05 Å². The molecule has 0 fully saturated rings. The van der Waals surface area contributed by atoms with Crippen LogP contribution in [-0.4, -0.2) is 19.1 Å². The minimum absolute atomic E-state index is 0.00236. The number of hydrogen-bond acceptors (Lipinski definition) is 2. The first-order valence-corrected chi connectivity index (χ1v) is 6.16. The Hall–Kier alpha value is -0.680. The van der Waals surface area contributed by atoms with Gasteiger partial charge in [0.15, 0.2) is 5.78 Å². The number of Topliss-reactive ketones (excluding diaryl/α,β-unsaturated/α-hetero) is 1. The van der Waals surface area contributed by atoms with Crippen LogP contribution in [0.2, 0.25) is 0 Å². The van der Waals surface area contributed by atoms with Gasteiger partial charge in [-0.05, 0) is 18.2 Å². The van der Waals surface area contributed by atoms with E-state index in [2.05, 4.69) is 36.8 Å². The molecular weight excluding hydrogens is 324 g/mol. The Bertz CT molecular complexity index is 519. The molecule has 1 aromatic heterocycles. The fraction of sp³-hybridized carbons (Fsp3) is 0.200. The fourth-order valence-electron chi connectivity index (χ4n) is 1.42. The van der Waals surface area contributed by atoms with Crippen molar-refractivity contribution in [3.8, 4) is 0 Å². The fourth-order valence-corrected chi connectivity index (χ4v) is 1.94. The summed E-state index contributed by atoms with van der Waals surface area (Å²) in [5, 5.41) is 0. The van der Waals surface area contributed by atoms with E-state index in [-0.39, 0.29) is 9.52 Å². The second-order valence-electron chi connectivity index (χ2n) is 3.22. The number of aromatic nitrogens is 2. The summed E-state index contributed by atoms with van der Waals surface area (Å²) in [6.45, 7) is 0. The summed E-state index contributed by atoms with van der Waals surface area (Å²) in [6.07, 6.45) is 1.73.